The number of nitrogens with zero attached hydrogens (tertiary/aromatic N) is 4. The SMILES string of the molecule is CC.CC.CC(C)(C)[CH]=[Mo]=[N]c1c(Cl)cccc1Cl.CC(C)(C)[CH]=[Mo]=[N]c1c(Cl)cccc1Cl.CC1C(c2c(O)c(F)cc3c2CCCC3)=C2CCCCC2=CC1F.CC1C(c2c(O)c(F)cc3c2CCCC3)=C2CCCCC2=CC1F.Cc1ccc(C)[n-]1.Cc1ccc(C)[n-]1. The summed E-state index contributed by atoms with van der Waals surface area (Å²) >= 11 is 23.0. The molecule has 16 heteroatoms. The average Bonchev–Trinajstić information content (AvgIpc) is 1.32. The molecule has 4 aromatic carbocycles. The molecule has 2 heterocycles. The monoisotopic (exact) mass is 1560 g/mol. The number of phenolic OH excluding ortho intramolecular Hbond substituents is 2. The third kappa shape index (κ3) is 23.9. The summed E-state index contributed by atoms with van der Waals surface area (Å²) in [6.45, 7) is 32.7. The molecule has 2 N–H and O–H groups in total. The first-order valence-corrected chi connectivity index (χ1v) is 39.8. The largest absolute Gasteiger partial charge is 0.665 e. The maximum Gasteiger partial charge on any atom is 0.165 e. The van der Waals surface area contributed by atoms with E-state index in [2.05, 4.69) is 67.3 Å². The smallest absolute Gasteiger partial charge is 0.165 e. The number of hydrogen-bond acceptors (Lipinski definition) is 4. The number of allylic oxidation sites excluding steroid dienone is 8. The Morgan fingerprint density at radius 1 is 0.469 bits per heavy atom. The first-order chi connectivity index (χ1) is 45.5. The van der Waals surface area contributed by atoms with Crippen molar-refractivity contribution < 1.29 is 63.6 Å². The number of alkyl halides is 2. The first-order valence-electron chi connectivity index (χ1n) is 34.2. The van der Waals surface area contributed by atoms with Crippen LogP contribution in [0.2, 0.25) is 20.1 Å². The van der Waals surface area contributed by atoms with Crippen LogP contribution in [0.15, 0.2) is 114 Å². The van der Waals surface area contributed by atoms with E-state index < -0.39 is 59.8 Å². The van der Waals surface area contributed by atoms with Crippen LogP contribution in [0.25, 0.3) is 11.1 Å². The van der Waals surface area contributed by atoms with Gasteiger partial charge in [0.25, 0.3) is 0 Å². The van der Waals surface area contributed by atoms with Gasteiger partial charge in [0.2, 0.25) is 0 Å². The molecule has 2 fully saturated rings. The molecule has 524 valence electrons. The number of rotatable bonds is 4. The van der Waals surface area contributed by atoms with Gasteiger partial charge in [-0.15, -0.1) is 0 Å². The summed E-state index contributed by atoms with van der Waals surface area (Å²) in [5.41, 5.74) is 17.9. The normalized spacial score (nSPS) is 18.3. The third-order valence-corrected chi connectivity index (χ3v) is 23.4. The number of hydrogen-bond donors (Lipinski definition) is 2. The van der Waals surface area contributed by atoms with Gasteiger partial charge >= 0.3 is 218 Å². The van der Waals surface area contributed by atoms with E-state index in [4.69, 9.17) is 46.4 Å². The van der Waals surface area contributed by atoms with Gasteiger partial charge in [-0.25, -0.2) is 17.6 Å². The predicted molar refractivity (Wildman–Crippen MR) is 394 cm³/mol. The Morgan fingerprint density at radius 3 is 1.05 bits per heavy atom. The van der Waals surface area contributed by atoms with E-state index in [1.807, 2.05) is 130 Å². The fraction of sp³-hybridized carbons (Fsp3) is 0.475. The van der Waals surface area contributed by atoms with Crippen LogP contribution in [0.5, 0.6) is 11.5 Å². The minimum atomic E-state index is -1.06. The minimum absolute atomic E-state index is 0.222. The van der Waals surface area contributed by atoms with E-state index in [0.717, 1.165) is 193 Å². The van der Waals surface area contributed by atoms with Crippen LogP contribution in [0.4, 0.5) is 28.9 Å². The van der Waals surface area contributed by atoms with Crippen LogP contribution in [0.1, 0.15) is 216 Å². The average molecular weight is 1560 g/mol. The molecule has 6 aliphatic rings. The quantitative estimate of drug-likeness (QED) is 0.136. The molecular formula is C80H102Cl4F4Mo2N4O2-2. The van der Waals surface area contributed by atoms with Crippen LogP contribution in [0.3, 0.4) is 0 Å². The summed E-state index contributed by atoms with van der Waals surface area (Å²) in [7, 11) is 0. The van der Waals surface area contributed by atoms with Gasteiger partial charge in [0.15, 0.2) is 23.1 Å². The molecule has 0 radical (unpaired) electrons. The number of benzene rings is 4. The van der Waals surface area contributed by atoms with Crippen molar-refractivity contribution in [2.75, 3.05) is 0 Å². The third-order valence-electron chi connectivity index (χ3n) is 16.8. The molecule has 0 aliphatic heterocycles. The van der Waals surface area contributed by atoms with Crippen molar-refractivity contribution in [3.63, 3.8) is 0 Å². The van der Waals surface area contributed by atoms with Gasteiger partial charge in [0, 0.05) is 23.0 Å². The summed E-state index contributed by atoms with van der Waals surface area (Å²) in [5.74, 6) is -2.34. The zero-order chi connectivity index (χ0) is 71.2. The van der Waals surface area contributed by atoms with Crippen LogP contribution in [-0.2, 0) is 61.5 Å². The van der Waals surface area contributed by atoms with Crippen LogP contribution < -0.4 is 9.97 Å². The summed E-state index contributed by atoms with van der Waals surface area (Å²) in [6, 6.07) is 21.9. The van der Waals surface area contributed by atoms with Gasteiger partial charge < -0.3 is 20.2 Å². The minimum Gasteiger partial charge on any atom is -0.665 e. The molecule has 12 rings (SSSR count). The van der Waals surface area contributed by atoms with E-state index >= 15 is 0 Å². The van der Waals surface area contributed by atoms with Crippen LogP contribution >= 0.6 is 46.4 Å². The fourth-order valence-electron chi connectivity index (χ4n) is 12.2. The summed E-state index contributed by atoms with van der Waals surface area (Å²) in [6.07, 6.45) is 16.9. The predicted octanol–water partition coefficient (Wildman–Crippen LogP) is 25.4. The Morgan fingerprint density at radius 2 is 0.760 bits per heavy atom. The Hall–Kier alpha value is -4.40. The number of halogens is 8. The zero-order valence-corrected chi connectivity index (χ0v) is 66.4. The Balaban J connectivity index is 0.000000216. The van der Waals surface area contributed by atoms with Gasteiger partial charge in [-0.3, -0.25) is 0 Å². The number of aromatic hydroxyl groups is 2. The first kappa shape index (κ1) is 82.3. The van der Waals surface area contributed by atoms with Crippen molar-refractivity contribution >= 4 is 77.7 Å². The molecular weight excluding hydrogens is 1460 g/mol. The van der Waals surface area contributed by atoms with Crippen LogP contribution in [0, 0.1) is 62.0 Å². The van der Waals surface area contributed by atoms with Crippen molar-refractivity contribution in [2.24, 2.45) is 29.7 Å². The Labute approximate surface area is 608 Å². The molecule has 0 bridgehead atoms. The van der Waals surface area contributed by atoms with E-state index in [1.165, 1.54) is 12.1 Å². The maximum atomic E-state index is 14.7. The van der Waals surface area contributed by atoms with E-state index in [1.54, 1.807) is 12.2 Å². The van der Waals surface area contributed by atoms with Crippen molar-refractivity contribution in [3.8, 4) is 11.5 Å². The second-order valence-electron chi connectivity index (χ2n) is 26.9. The van der Waals surface area contributed by atoms with Gasteiger partial charge in [-0.05, 0) is 183 Å². The van der Waals surface area contributed by atoms with Gasteiger partial charge in [-0.2, -0.15) is 22.8 Å². The topological polar surface area (TPSA) is 93.4 Å². The molecule has 4 unspecified atom stereocenters. The molecule has 0 spiro atoms. The fourth-order valence-corrected chi connectivity index (χ4v) is 17.0. The Kier molecular flexibility index (Phi) is 33.9. The number of aromatic nitrogens is 2. The molecule has 4 atom stereocenters. The second kappa shape index (κ2) is 39.6. The van der Waals surface area contributed by atoms with Gasteiger partial charge in [0.1, 0.15) is 12.3 Å². The molecule has 6 nitrogen and oxygen atoms in total. The van der Waals surface area contributed by atoms with Gasteiger partial charge in [0.05, 0.1) is 0 Å². The number of phenols is 2. The van der Waals surface area contributed by atoms with Crippen LogP contribution in [-0.4, -0.2) is 31.4 Å². The number of fused-ring (bicyclic) bond motifs is 4. The Bertz CT molecular complexity index is 3530. The zero-order valence-electron chi connectivity index (χ0n) is 59.4. The molecule has 0 amide bonds. The van der Waals surface area contributed by atoms with E-state index in [-0.39, 0.29) is 34.2 Å². The molecule has 2 saturated carbocycles. The maximum absolute atomic E-state index is 14.7. The summed E-state index contributed by atoms with van der Waals surface area (Å²) < 4.78 is 71.6. The van der Waals surface area contributed by atoms with Crippen molar-refractivity contribution in [1.29, 1.82) is 0 Å². The number of aryl methyl sites for hydroxylation is 6. The molecule has 2 aromatic heterocycles. The second-order valence-corrected chi connectivity index (χ2v) is 31.6. The van der Waals surface area contributed by atoms with Crippen molar-refractivity contribution in [3.05, 3.63) is 195 Å². The molecule has 96 heavy (non-hydrogen) atoms. The standard InChI is InChI=1S/2C21H24F2O.2C6H3Cl2N.2C6H8N.2C5H10.2C2H6.2Mo/c2*1-12-17(22)10-13-6-2-4-8-15(13)19(12)20-16-9-5-3-7-14(16)11-18(23)21(20)24;2*7-4-2-1-3-5(8)6(4)9;2*1-5-3-4-6(2)7-5;2*1-5(2,3)4;2*1-2;;/h2*10-12,17,24H,2-9H2,1H3;2*1-3H;2*3-4H,1-2H3;2*1H,2-4H3;2*1-2H3;;/q;;;;2*-1;;;;;;. The summed E-state index contributed by atoms with van der Waals surface area (Å²) in [5, 5.41) is 23.6. The van der Waals surface area contributed by atoms with E-state index in [0.29, 0.717) is 31.2 Å². The van der Waals surface area contributed by atoms with E-state index in [9.17, 15) is 27.8 Å². The molecule has 6 aliphatic carbocycles. The molecule has 6 aromatic rings. The summed E-state index contributed by atoms with van der Waals surface area (Å²) in [4.78, 5) is 8.22. The molecule has 0 saturated heterocycles. The van der Waals surface area contributed by atoms with Crippen molar-refractivity contribution in [1.82, 2.24) is 9.97 Å². The van der Waals surface area contributed by atoms with Crippen molar-refractivity contribution in [2.45, 2.75) is 226 Å². The van der Waals surface area contributed by atoms with Gasteiger partial charge in [-0.1, -0.05) is 93.5 Å².